The first kappa shape index (κ1) is 26.1. The van der Waals surface area contributed by atoms with Gasteiger partial charge in [0.05, 0.1) is 24.1 Å². The molecule has 3 heterocycles. The first-order valence-electron chi connectivity index (χ1n) is 11.6. The minimum atomic E-state index is -4.44. The number of amides is 1. The topological polar surface area (TPSA) is 119 Å². The Labute approximate surface area is 211 Å². The van der Waals surface area contributed by atoms with Crippen LogP contribution < -0.4 is 21.1 Å². The van der Waals surface area contributed by atoms with Crippen molar-refractivity contribution in [1.29, 1.82) is 0 Å². The van der Waals surface area contributed by atoms with E-state index in [-0.39, 0.29) is 23.9 Å². The maximum absolute atomic E-state index is 12.9. The number of rotatable bonds is 8. The molecule has 0 saturated carbocycles. The molecule has 4 rings (SSSR count). The van der Waals surface area contributed by atoms with E-state index in [9.17, 15) is 18.0 Å². The minimum Gasteiger partial charge on any atom is -0.395 e. The zero-order valence-electron chi connectivity index (χ0n) is 20.1. The second kappa shape index (κ2) is 11.4. The van der Waals surface area contributed by atoms with Crippen molar-refractivity contribution in [2.45, 2.75) is 13.1 Å². The Morgan fingerprint density at radius 1 is 1.05 bits per heavy atom. The van der Waals surface area contributed by atoms with Crippen molar-refractivity contribution in [3.63, 3.8) is 0 Å². The second-order valence-corrected chi connectivity index (χ2v) is 8.46. The smallest absolute Gasteiger partial charge is 0.395 e. The quantitative estimate of drug-likeness (QED) is 0.335. The van der Waals surface area contributed by atoms with E-state index in [0.717, 1.165) is 49.8 Å². The van der Waals surface area contributed by atoms with Gasteiger partial charge in [-0.1, -0.05) is 6.07 Å². The number of benzene rings is 1. The van der Waals surface area contributed by atoms with Gasteiger partial charge in [0.25, 0.3) is 5.91 Å². The summed E-state index contributed by atoms with van der Waals surface area (Å²) in [7, 11) is 0. The van der Waals surface area contributed by atoms with Crippen LogP contribution >= 0.6 is 0 Å². The summed E-state index contributed by atoms with van der Waals surface area (Å²) in [4.78, 5) is 29.7. The first-order chi connectivity index (χ1) is 17.7. The molecular formula is C24H27F3N8O2. The normalized spacial score (nSPS) is 14.4. The molecule has 1 aliphatic heterocycles. The fraction of sp³-hybridized carbons (Fsp3) is 0.333. The summed E-state index contributed by atoms with van der Waals surface area (Å²) in [6, 6.07) is 9.65. The third kappa shape index (κ3) is 7.05. The Morgan fingerprint density at radius 3 is 2.51 bits per heavy atom. The summed E-state index contributed by atoms with van der Waals surface area (Å²) in [5, 5.41) is 12.0. The number of nitrogens with zero attached hydrogens (tertiary/aromatic N) is 5. The second-order valence-electron chi connectivity index (χ2n) is 8.46. The molecule has 3 aromatic rings. The Kier molecular flexibility index (Phi) is 8.04. The van der Waals surface area contributed by atoms with E-state index in [1.807, 2.05) is 13.0 Å². The highest BCUT2D eigenvalue weighted by atomic mass is 19.4. The zero-order chi connectivity index (χ0) is 26.4. The standard InChI is InChI=1S/C24H27F3N8O2/c1-16-13-21(35-9-7-34(8-10-35)11-12-36)31-23(29-16)33-32-22(37)20-6-5-19(15-28-20)30-18-4-2-3-17(14-18)24(25,26)27/h2-6,13-15,30,36H,7-12H2,1H3,(H,32,37)(H,29,31,33). The van der Waals surface area contributed by atoms with Crippen molar-refractivity contribution in [2.24, 2.45) is 0 Å². The molecule has 1 aliphatic rings. The lowest BCUT2D eigenvalue weighted by Crippen LogP contribution is -2.47. The highest BCUT2D eigenvalue weighted by molar-refractivity contribution is 5.93. The predicted molar refractivity (Wildman–Crippen MR) is 133 cm³/mol. The molecule has 37 heavy (non-hydrogen) atoms. The van der Waals surface area contributed by atoms with Gasteiger partial charge in [0.1, 0.15) is 11.5 Å². The number of nitrogens with one attached hydrogen (secondary N) is 3. The maximum Gasteiger partial charge on any atom is 0.416 e. The summed E-state index contributed by atoms with van der Waals surface area (Å²) in [6.07, 6.45) is -3.09. The molecule has 0 atom stereocenters. The molecule has 0 spiro atoms. The number of aryl methyl sites for hydroxylation is 1. The number of pyridine rings is 1. The van der Waals surface area contributed by atoms with Gasteiger partial charge in [-0.3, -0.25) is 20.5 Å². The molecule has 10 nitrogen and oxygen atoms in total. The van der Waals surface area contributed by atoms with Gasteiger partial charge in [-0.05, 0) is 37.3 Å². The van der Waals surface area contributed by atoms with Gasteiger partial charge in [0.2, 0.25) is 5.95 Å². The monoisotopic (exact) mass is 516 g/mol. The molecule has 196 valence electrons. The van der Waals surface area contributed by atoms with E-state index in [1.165, 1.54) is 24.4 Å². The van der Waals surface area contributed by atoms with E-state index in [4.69, 9.17) is 5.11 Å². The maximum atomic E-state index is 12.9. The van der Waals surface area contributed by atoms with Gasteiger partial charge < -0.3 is 15.3 Å². The highest BCUT2D eigenvalue weighted by Crippen LogP contribution is 2.31. The number of halogens is 3. The predicted octanol–water partition coefficient (Wildman–Crippen LogP) is 2.81. The Balaban J connectivity index is 1.34. The number of aliphatic hydroxyl groups is 1. The van der Waals surface area contributed by atoms with Crippen molar-refractivity contribution < 1.29 is 23.1 Å². The molecule has 13 heteroatoms. The molecule has 1 fully saturated rings. The van der Waals surface area contributed by atoms with Crippen LogP contribution in [0.25, 0.3) is 0 Å². The summed E-state index contributed by atoms with van der Waals surface area (Å²) in [6.45, 7) is 5.74. The summed E-state index contributed by atoms with van der Waals surface area (Å²) < 4.78 is 38.7. The number of alkyl halides is 3. The number of anilines is 4. The van der Waals surface area contributed by atoms with Crippen molar-refractivity contribution in [3.05, 3.63) is 65.6 Å². The first-order valence-corrected chi connectivity index (χ1v) is 11.6. The van der Waals surface area contributed by atoms with Crippen LogP contribution in [0.3, 0.4) is 0 Å². The van der Waals surface area contributed by atoms with Gasteiger partial charge in [-0.15, -0.1) is 0 Å². The van der Waals surface area contributed by atoms with Crippen molar-refractivity contribution in [3.8, 4) is 0 Å². The number of piperazine rings is 1. The van der Waals surface area contributed by atoms with Gasteiger partial charge in [-0.2, -0.15) is 18.2 Å². The Bertz CT molecular complexity index is 1220. The average molecular weight is 517 g/mol. The average Bonchev–Trinajstić information content (AvgIpc) is 2.88. The third-order valence-corrected chi connectivity index (χ3v) is 5.72. The van der Waals surface area contributed by atoms with Crippen LogP contribution in [0.15, 0.2) is 48.7 Å². The van der Waals surface area contributed by atoms with Crippen molar-refractivity contribution in [2.75, 3.05) is 55.0 Å². The molecular weight excluding hydrogens is 489 g/mol. The van der Waals surface area contributed by atoms with E-state index in [2.05, 4.69) is 40.9 Å². The molecule has 1 saturated heterocycles. The number of carbonyl (C=O) groups excluding carboxylic acids is 1. The van der Waals surface area contributed by atoms with E-state index < -0.39 is 17.6 Å². The third-order valence-electron chi connectivity index (χ3n) is 5.72. The lowest BCUT2D eigenvalue weighted by atomic mass is 10.2. The molecule has 0 aliphatic carbocycles. The van der Waals surface area contributed by atoms with Crippen LogP contribution in [0, 0.1) is 6.92 Å². The fourth-order valence-corrected chi connectivity index (χ4v) is 3.83. The summed E-state index contributed by atoms with van der Waals surface area (Å²) in [5.41, 5.74) is 5.95. The number of aromatic nitrogens is 3. The number of hydrogen-bond donors (Lipinski definition) is 4. The highest BCUT2D eigenvalue weighted by Gasteiger charge is 2.30. The molecule has 0 bridgehead atoms. The van der Waals surface area contributed by atoms with E-state index in [1.54, 1.807) is 6.07 Å². The number of β-amino-alcohol motifs (C(OH)–C–C–N with tert-alkyl or cyclic N) is 1. The summed E-state index contributed by atoms with van der Waals surface area (Å²) in [5.74, 6) is 0.426. The molecule has 0 unspecified atom stereocenters. The molecule has 0 radical (unpaired) electrons. The number of aliphatic hydroxyl groups excluding tert-OH is 1. The van der Waals surface area contributed by atoms with Crippen molar-refractivity contribution in [1.82, 2.24) is 25.3 Å². The zero-order valence-corrected chi connectivity index (χ0v) is 20.1. The molecule has 1 aromatic carbocycles. The molecule has 4 N–H and O–H groups in total. The lowest BCUT2D eigenvalue weighted by molar-refractivity contribution is -0.137. The van der Waals surface area contributed by atoms with Gasteiger partial charge in [-0.25, -0.2) is 9.97 Å². The number of carbonyl (C=O) groups is 1. The number of hydrogen-bond acceptors (Lipinski definition) is 9. The van der Waals surface area contributed by atoms with Crippen LogP contribution in [0.1, 0.15) is 21.7 Å². The Hall–Kier alpha value is -3.97. The molecule has 2 aromatic heterocycles. The van der Waals surface area contributed by atoms with Gasteiger partial charge in [0.15, 0.2) is 0 Å². The SMILES string of the molecule is Cc1cc(N2CCN(CCO)CC2)nc(NNC(=O)c2ccc(Nc3cccc(C(F)(F)F)c3)cn2)n1. The van der Waals surface area contributed by atoms with Gasteiger partial charge >= 0.3 is 6.18 Å². The molecule has 1 amide bonds. The van der Waals surface area contributed by atoms with Crippen LogP contribution in [0.2, 0.25) is 0 Å². The van der Waals surface area contributed by atoms with Crippen molar-refractivity contribution >= 4 is 29.0 Å². The fourth-order valence-electron chi connectivity index (χ4n) is 3.83. The Morgan fingerprint density at radius 2 is 1.84 bits per heavy atom. The minimum absolute atomic E-state index is 0.0926. The van der Waals surface area contributed by atoms with Crippen LogP contribution in [-0.4, -0.2) is 70.2 Å². The summed E-state index contributed by atoms with van der Waals surface area (Å²) >= 11 is 0. The number of hydrazine groups is 1. The van der Waals surface area contributed by atoms with Crippen LogP contribution in [0.4, 0.5) is 36.3 Å². The lowest BCUT2D eigenvalue weighted by Gasteiger charge is -2.35. The van der Waals surface area contributed by atoms with Crippen LogP contribution in [-0.2, 0) is 6.18 Å². The van der Waals surface area contributed by atoms with Gasteiger partial charge in [0, 0.05) is 50.2 Å². The van der Waals surface area contributed by atoms with Crippen LogP contribution in [0.5, 0.6) is 0 Å². The largest absolute Gasteiger partial charge is 0.416 e. The van der Waals surface area contributed by atoms with E-state index >= 15 is 0 Å². The van der Waals surface area contributed by atoms with E-state index in [0.29, 0.717) is 12.2 Å².